The van der Waals surface area contributed by atoms with Crippen molar-refractivity contribution in [2.24, 2.45) is 11.5 Å². The maximum absolute atomic E-state index is 12.6. The van der Waals surface area contributed by atoms with Gasteiger partial charge in [0, 0.05) is 0 Å². The number of hydrogen-bond donors (Lipinski definition) is 9. The molecule has 0 amide bonds. The Morgan fingerprint density at radius 2 is 1.17 bits per heavy atom. The molecule has 0 aliphatic carbocycles. The van der Waals surface area contributed by atoms with Gasteiger partial charge >= 0.3 is 19.8 Å². The maximum Gasteiger partial charge on any atom is 0.585 e. The lowest BCUT2D eigenvalue weighted by molar-refractivity contribution is -0.165. The molecule has 0 radical (unpaired) electrons. The zero-order chi connectivity index (χ0) is 26.6. The van der Waals surface area contributed by atoms with E-state index in [1.807, 2.05) is 0 Å². The summed E-state index contributed by atoms with van der Waals surface area (Å²) < 4.78 is 31.6. The Hall–Kier alpha value is -2.43. The van der Waals surface area contributed by atoms with Crippen LogP contribution in [0.5, 0.6) is 0 Å². The number of aliphatic hydroxyl groups is 6. The van der Waals surface area contributed by atoms with Gasteiger partial charge in [-0.05, 0) is 38.8 Å². The first kappa shape index (κ1) is 28.8. The molecule has 11 N–H and O–H groups in total. The van der Waals surface area contributed by atoms with Crippen LogP contribution in [0.2, 0.25) is 0 Å². The van der Waals surface area contributed by atoms with Crippen molar-refractivity contribution < 1.29 is 68.2 Å². The van der Waals surface area contributed by atoms with E-state index in [4.69, 9.17) is 20.9 Å². The summed E-state index contributed by atoms with van der Waals surface area (Å²) in [5.41, 5.74) is 6.31. The second kappa shape index (κ2) is 11.1. The minimum absolute atomic E-state index is 0.0314. The van der Waals surface area contributed by atoms with Gasteiger partial charge in [0.2, 0.25) is 11.2 Å². The lowest BCUT2D eigenvalue weighted by Gasteiger charge is -2.31. The van der Waals surface area contributed by atoms with E-state index in [9.17, 15) is 49.7 Å². The van der Waals surface area contributed by atoms with Crippen LogP contribution >= 0.6 is 7.82 Å². The van der Waals surface area contributed by atoms with E-state index in [0.717, 1.165) is 0 Å². The molecule has 0 spiro atoms. The van der Waals surface area contributed by atoms with Crippen molar-refractivity contribution in [3.63, 3.8) is 0 Å². The summed E-state index contributed by atoms with van der Waals surface area (Å²) in [4.78, 5) is 34.7. The van der Waals surface area contributed by atoms with Gasteiger partial charge in [-0.2, -0.15) is 0 Å². The highest BCUT2D eigenvalue weighted by molar-refractivity contribution is 7.47. The van der Waals surface area contributed by atoms with Gasteiger partial charge in [-0.25, -0.2) is 14.2 Å². The van der Waals surface area contributed by atoms with E-state index in [1.165, 1.54) is 0 Å². The molecule has 0 aromatic carbocycles. The van der Waals surface area contributed by atoms with Crippen LogP contribution in [0.1, 0.15) is 25.7 Å². The predicted molar refractivity (Wildman–Crippen MR) is 112 cm³/mol. The molecule has 2 aliphatic heterocycles. The number of carbonyl (C=O) groups is 2. The monoisotopic (exact) mass is 528 g/mol. The lowest BCUT2D eigenvalue weighted by atomic mass is 9.89. The summed E-state index contributed by atoms with van der Waals surface area (Å²) in [6.45, 7) is -1.90. The van der Waals surface area contributed by atoms with E-state index in [-0.39, 0.29) is 38.8 Å². The first-order valence-corrected chi connectivity index (χ1v) is 11.9. The Labute approximate surface area is 198 Å². The summed E-state index contributed by atoms with van der Waals surface area (Å²) in [5.74, 6) is -7.84. The van der Waals surface area contributed by atoms with Crippen molar-refractivity contribution in [3.05, 3.63) is 23.0 Å². The van der Waals surface area contributed by atoms with Gasteiger partial charge in [0.05, 0.1) is 13.2 Å². The first-order chi connectivity index (χ1) is 16.4. The normalized spacial score (nSPS) is 28.0. The molecular formula is C18H29N2O14P. The van der Waals surface area contributed by atoms with Crippen LogP contribution < -0.4 is 11.5 Å². The van der Waals surface area contributed by atoms with Crippen molar-refractivity contribution in [1.82, 2.24) is 0 Å². The molecule has 2 unspecified atom stereocenters. The van der Waals surface area contributed by atoms with Crippen molar-refractivity contribution in [2.45, 2.75) is 49.1 Å². The van der Waals surface area contributed by atoms with Crippen molar-refractivity contribution >= 4 is 19.8 Å². The fourth-order valence-corrected chi connectivity index (χ4v) is 4.48. The van der Waals surface area contributed by atoms with Crippen LogP contribution in [0.15, 0.2) is 23.0 Å². The molecule has 16 nitrogen and oxygen atoms in total. The average molecular weight is 528 g/mol. The molecule has 17 heteroatoms. The van der Waals surface area contributed by atoms with E-state index >= 15 is 0 Å². The number of hydrogen-bond acceptors (Lipinski definition) is 15. The van der Waals surface area contributed by atoms with Crippen LogP contribution in [0, 0.1) is 0 Å². The number of phosphoric ester groups is 1. The molecule has 2 aliphatic rings. The summed E-state index contributed by atoms with van der Waals surface area (Å²) in [6.07, 6.45) is -4.16. The smallest absolute Gasteiger partial charge is 0.505 e. The number of aliphatic hydroxyl groups excluding tert-OH is 6. The summed E-state index contributed by atoms with van der Waals surface area (Å²) in [7, 11) is -5.56. The fourth-order valence-electron chi connectivity index (χ4n) is 3.66. The molecule has 0 fully saturated rings. The lowest BCUT2D eigenvalue weighted by Crippen LogP contribution is -2.47. The topological polar surface area (TPSA) is 282 Å². The maximum atomic E-state index is 12.6. The summed E-state index contributed by atoms with van der Waals surface area (Å²) >= 11 is 0. The molecule has 0 saturated heterocycles. The van der Waals surface area contributed by atoms with Crippen LogP contribution in [-0.4, -0.2) is 97.2 Å². The Morgan fingerprint density at radius 3 is 1.46 bits per heavy atom. The van der Waals surface area contributed by atoms with Crippen molar-refractivity contribution in [3.8, 4) is 0 Å². The Kier molecular flexibility index (Phi) is 9.13. The fraction of sp³-hybridized carbons (Fsp3) is 0.667. The van der Waals surface area contributed by atoms with Crippen molar-refractivity contribution in [2.75, 3.05) is 26.3 Å². The van der Waals surface area contributed by atoms with E-state index < -0.39 is 79.4 Å². The number of cyclic esters (lactones) is 2. The molecule has 0 aromatic rings. The minimum Gasteiger partial charge on any atom is -0.505 e. The third-order valence-electron chi connectivity index (χ3n) is 5.49. The second-order valence-corrected chi connectivity index (χ2v) is 9.05. The number of esters is 2. The molecule has 2 heterocycles. The largest absolute Gasteiger partial charge is 0.585 e. The highest BCUT2D eigenvalue weighted by atomic mass is 31.2. The van der Waals surface area contributed by atoms with Gasteiger partial charge in [0.25, 0.3) is 11.5 Å². The molecule has 0 bridgehead atoms. The SMILES string of the molecule is NCCCC1([C@@H](O)CO)OC(=O)C(OP(=O)(O)OC2=C(O)C(CCCN)([C@@H](O)CO)OC2=O)=C1O. The highest BCUT2D eigenvalue weighted by Crippen LogP contribution is 2.53. The summed E-state index contributed by atoms with van der Waals surface area (Å²) in [6, 6.07) is 0. The quantitative estimate of drug-likeness (QED) is 0.0827. The molecule has 200 valence electrons. The second-order valence-electron chi connectivity index (χ2n) is 7.75. The molecule has 35 heavy (non-hydrogen) atoms. The first-order valence-electron chi connectivity index (χ1n) is 10.4. The summed E-state index contributed by atoms with van der Waals surface area (Å²) in [5, 5.41) is 59.8. The Morgan fingerprint density at radius 1 is 0.829 bits per heavy atom. The van der Waals surface area contributed by atoms with Gasteiger partial charge in [0.1, 0.15) is 12.2 Å². The molecule has 2 rings (SSSR count). The van der Waals surface area contributed by atoms with Crippen LogP contribution in [0.25, 0.3) is 0 Å². The molecule has 0 saturated carbocycles. The minimum atomic E-state index is -5.56. The van der Waals surface area contributed by atoms with Gasteiger partial charge < -0.3 is 60.6 Å². The van der Waals surface area contributed by atoms with Crippen LogP contribution in [-0.2, 0) is 32.7 Å². The highest BCUT2D eigenvalue weighted by Gasteiger charge is 2.58. The van der Waals surface area contributed by atoms with Gasteiger partial charge in [-0.1, -0.05) is 0 Å². The van der Waals surface area contributed by atoms with Crippen LogP contribution in [0.4, 0.5) is 0 Å². The number of carbonyl (C=O) groups excluding carboxylic acids is 2. The van der Waals surface area contributed by atoms with E-state index in [1.54, 1.807) is 0 Å². The van der Waals surface area contributed by atoms with Gasteiger partial charge in [0.15, 0.2) is 11.5 Å². The number of ether oxygens (including phenoxy) is 2. The Balaban J connectivity index is 2.40. The molecule has 0 aromatic heterocycles. The standard InChI is InChI=1S/C18H29N2O14P/c19-5-1-3-17(9(23)7-21)13(25)11(15(27)31-17)33-35(29,30)34-12-14(26)18(4-2-6-20,10(24)8-22)32-16(12)28/h9-10,21-26H,1-8,19-20H2,(H,29,30)/t9-,10-,17?,18?/m0/s1. The molecule has 4 atom stereocenters. The molecular weight excluding hydrogens is 499 g/mol. The number of rotatable bonds is 14. The van der Waals surface area contributed by atoms with Crippen molar-refractivity contribution in [1.29, 1.82) is 0 Å². The van der Waals surface area contributed by atoms with E-state index in [2.05, 4.69) is 9.05 Å². The number of phosphoric acid groups is 1. The zero-order valence-corrected chi connectivity index (χ0v) is 19.3. The number of nitrogens with two attached hydrogens (primary N) is 2. The third-order valence-corrected chi connectivity index (χ3v) is 6.32. The van der Waals surface area contributed by atoms with E-state index in [0.29, 0.717) is 0 Å². The average Bonchev–Trinajstić information content (AvgIpc) is 3.20. The van der Waals surface area contributed by atoms with Crippen LogP contribution in [0.3, 0.4) is 0 Å². The third kappa shape index (κ3) is 5.39. The Bertz CT molecular complexity index is 868. The van der Waals surface area contributed by atoms with Gasteiger partial charge in [-0.15, -0.1) is 0 Å². The predicted octanol–water partition coefficient (Wildman–Crippen LogP) is -2.57. The zero-order valence-electron chi connectivity index (χ0n) is 18.4. The van der Waals surface area contributed by atoms with Gasteiger partial charge in [-0.3, -0.25) is 4.89 Å².